The Morgan fingerprint density at radius 1 is 1.19 bits per heavy atom. The second-order valence-corrected chi connectivity index (χ2v) is 3.97. The van der Waals surface area contributed by atoms with Crippen LogP contribution < -0.4 is 15.8 Å². The van der Waals surface area contributed by atoms with Gasteiger partial charge in [0.25, 0.3) is 5.91 Å². The SMILES string of the molecule is Nc1ccc(C(=O)Nc2ccccc2OC(F)(F)F)nc1. The molecule has 1 aromatic heterocycles. The van der Waals surface area contributed by atoms with E-state index in [2.05, 4.69) is 15.0 Å². The maximum absolute atomic E-state index is 12.3. The van der Waals surface area contributed by atoms with Crippen molar-refractivity contribution >= 4 is 17.3 Å². The third-order valence-electron chi connectivity index (χ3n) is 2.38. The van der Waals surface area contributed by atoms with Crippen LogP contribution in [0.5, 0.6) is 5.75 Å². The summed E-state index contributed by atoms with van der Waals surface area (Å²) in [6.07, 6.45) is -3.58. The number of anilines is 2. The molecule has 0 bridgehead atoms. The van der Waals surface area contributed by atoms with Gasteiger partial charge in [-0.25, -0.2) is 4.98 Å². The van der Waals surface area contributed by atoms with E-state index in [4.69, 9.17) is 5.73 Å². The lowest BCUT2D eigenvalue weighted by Gasteiger charge is -2.13. The van der Waals surface area contributed by atoms with Crippen molar-refractivity contribution in [2.45, 2.75) is 6.36 Å². The number of carbonyl (C=O) groups excluding carboxylic acids is 1. The Balaban J connectivity index is 2.19. The van der Waals surface area contributed by atoms with Gasteiger partial charge in [0.2, 0.25) is 0 Å². The van der Waals surface area contributed by atoms with E-state index in [9.17, 15) is 18.0 Å². The van der Waals surface area contributed by atoms with E-state index < -0.39 is 18.0 Å². The normalized spacial score (nSPS) is 11.0. The molecule has 0 atom stereocenters. The fraction of sp³-hybridized carbons (Fsp3) is 0.0769. The topological polar surface area (TPSA) is 77.2 Å². The van der Waals surface area contributed by atoms with E-state index in [0.29, 0.717) is 5.69 Å². The number of nitrogens with one attached hydrogen (secondary N) is 1. The maximum atomic E-state index is 12.3. The molecule has 0 spiro atoms. The smallest absolute Gasteiger partial charge is 0.404 e. The highest BCUT2D eigenvalue weighted by Gasteiger charge is 2.32. The molecule has 2 aromatic rings. The minimum Gasteiger partial charge on any atom is -0.404 e. The summed E-state index contributed by atoms with van der Waals surface area (Å²) in [4.78, 5) is 15.7. The van der Waals surface area contributed by atoms with E-state index in [0.717, 1.165) is 6.07 Å². The molecule has 0 aliphatic heterocycles. The predicted molar refractivity (Wildman–Crippen MR) is 69.7 cm³/mol. The van der Waals surface area contributed by atoms with Crippen molar-refractivity contribution in [1.29, 1.82) is 0 Å². The Labute approximate surface area is 117 Å². The van der Waals surface area contributed by atoms with Crippen molar-refractivity contribution < 1.29 is 22.7 Å². The number of hydrogen-bond donors (Lipinski definition) is 2. The van der Waals surface area contributed by atoms with Crippen LogP contribution in [0.1, 0.15) is 10.5 Å². The lowest BCUT2D eigenvalue weighted by molar-refractivity contribution is -0.274. The Morgan fingerprint density at radius 2 is 1.90 bits per heavy atom. The first-order valence-electron chi connectivity index (χ1n) is 5.73. The number of nitrogens with two attached hydrogens (primary N) is 1. The monoisotopic (exact) mass is 297 g/mol. The first kappa shape index (κ1) is 14.6. The van der Waals surface area contributed by atoms with Crippen LogP contribution in [0.4, 0.5) is 24.5 Å². The number of amides is 1. The molecule has 8 heteroatoms. The van der Waals surface area contributed by atoms with E-state index in [1.165, 1.54) is 36.5 Å². The van der Waals surface area contributed by atoms with Gasteiger partial charge in [-0.2, -0.15) is 0 Å². The van der Waals surface area contributed by atoms with Crippen LogP contribution >= 0.6 is 0 Å². The molecule has 0 saturated heterocycles. The number of rotatable bonds is 3. The summed E-state index contributed by atoms with van der Waals surface area (Å²) in [5.41, 5.74) is 5.71. The van der Waals surface area contributed by atoms with Crippen molar-refractivity contribution in [2.75, 3.05) is 11.1 Å². The van der Waals surface area contributed by atoms with E-state index in [1.807, 2.05) is 0 Å². The summed E-state index contributed by atoms with van der Waals surface area (Å²) in [5, 5.41) is 2.30. The number of carbonyl (C=O) groups is 1. The molecule has 1 aromatic carbocycles. The van der Waals surface area contributed by atoms with Gasteiger partial charge >= 0.3 is 6.36 Å². The van der Waals surface area contributed by atoms with Crippen LogP contribution in [-0.2, 0) is 0 Å². The van der Waals surface area contributed by atoms with E-state index in [-0.39, 0.29) is 11.4 Å². The number of benzene rings is 1. The van der Waals surface area contributed by atoms with Gasteiger partial charge in [0.1, 0.15) is 5.69 Å². The van der Waals surface area contributed by atoms with Crippen LogP contribution in [0.25, 0.3) is 0 Å². The second-order valence-electron chi connectivity index (χ2n) is 3.97. The summed E-state index contributed by atoms with van der Waals surface area (Å²) in [7, 11) is 0. The number of hydrogen-bond acceptors (Lipinski definition) is 4. The average molecular weight is 297 g/mol. The van der Waals surface area contributed by atoms with Crippen molar-refractivity contribution in [3.63, 3.8) is 0 Å². The molecule has 5 nitrogen and oxygen atoms in total. The quantitative estimate of drug-likeness (QED) is 0.913. The van der Waals surface area contributed by atoms with Gasteiger partial charge in [0.15, 0.2) is 5.75 Å². The molecule has 0 radical (unpaired) electrons. The van der Waals surface area contributed by atoms with E-state index in [1.54, 1.807) is 0 Å². The standard InChI is InChI=1S/C13H10F3N3O2/c14-13(15,16)21-11-4-2-1-3-9(11)19-12(20)10-6-5-8(17)7-18-10/h1-7H,17H2,(H,19,20). The minimum atomic E-state index is -4.85. The molecule has 0 aliphatic rings. The first-order valence-corrected chi connectivity index (χ1v) is 5.73. The van der Waals surface area contributed by atoms with Crippen molar-refractivity contribution in [3.8, 4) is 5.75 Å². The number of aromatic nitrogens is 1. The molecule has 110 valence electrons. The predicted octanol–water partition coefficient (Wildman–Crippen LogP) is 2.81. The Hall–Kier alpha value is -2.77. The Kier molecular flexibility index (Phi) is 3.97. The van der Waals surface area contributed by atoms with Gasteiger partial charge in [0.05, 0.1) is 17.6 Å². The highest BCUT2D eigenvalue weighted by Crippen LogP contribution is 2.30. The first-order chi connectivity index (χ1) is 9.85. The summed E-state index contributed by atoms with van der Waals surface area (Å²) in [6.45, 7) is 0. The zero-order chi connectivity index (χ0) is 15.5. The minimum absolute atomic E-state index is 0.0195. The largest absolute Gasteiger partial charge is 0.573 e. The van der Waals surface area contributed by atoms with Crippen molar-refractivity contribution in [1.82, 2.24) is 4.98 Å². The molecule has 3 N–H and O–H groups in total. The van der Waals surface area contributed by atoms with Crippen LogP contribution in [-0.4, -0.2) is 17.3 Å². The summed E-state index contributed by atoms with van der Waals surface area (Å²) < 4.78 is 40.6. The van der Waals surface area contributed by atoms with Gasteiger partial charge in [-0.1, -0.05) is 12.1 Å². The van der Waals surface area contributed by atoms with Gasteiger partial charge in [0, 0.05) is 0 Å². The number of ether oxygens (including phenoxy) is 1. The Morgan fingerprint density at radius 3 is 2.52 bits per heavy atom. The third kappa shape index (κ3) is 4.10. The van der Waals surface area contributed by atoms with Gasteiger partial charge < -0.3 is 15.8 Å². The molecular weight excluding hydrogens is 287 g/mol. The fourth-order valence-corrected chi connectivity index (χ4v) is 1.51. The average Bonchev–Trinajstić information content (AvgIpc) is 2.40. The molecule has 0 saturated carbocycles. The summed E-state index contributed by atoms with van der Waals surface area (Å²) in [5.74, 6) is -1.18. The molecule has 1 amide bonds. The molecule has 21 heavy (non-hydrogen) atoms. The number of alkyl halides is 3. The number of para-hydroxylation sites is 2. The van der Waals surface area contributed by atoms with E-state index >= 15 is 0 Å². The number of pyridine rings is 1. The molecule has 2 rings (SSSR count). The van der Waals surface area contributed by atoms with Gasteiger partial charge in [-0.3, -0.25) is 4.79 Å². The zero-order valence-electron chi connectivity index (χ0n) is 10.5. The number of nitrogens with zero attached hydrogens (tertiary/aromatic N) is 1. The second kappa shape index (κ2) is 5.70. The Bertz CT molecular complexity index is 642. The molecule has 1 heterocycles. The highest BCUT2D eigenvalue weighted by molar-refractivity contribution is 6.03. The molecule has 0 unspecified atom stereocenters. The van der Waals surface area contributed by atoms with Crippen LogP contribution in [0, 0.1) is 0 Å². The zero-order valence-corrected chi connectivity index (χ0v) is 10.5. The lowest BCUT2D eigenvalue weighted by atomic mass is 10.2. The van der Waals surface area contributed by atoms with Crippen LogP contribution in [0.2, 0.25) is 0 Å². The number of halogens is 3. The highest BCUT2D eigenvalue weighted by atomic mass is 19.4. The fourth-order valence-electron chi connectivity index (χ4n) is 1.51. The lowest BCUT2D eigenvalue weighted by Crippen LogP contribution is -2.20. The van der Waals surface area contributed by atoms with Crippen molar-refractivity contribution in [3.05, 3.63) is 48.3 Å². The summed E-state index contributed by atoms with van der Waals surface area (Å²) >= 11 is 0. The third-order valence-corrected chi connectivity index (χ3v) is 2.38. The van der Waals surface area contributed by atoms with Crippen LogP contribution in [0.15, 0.2) is 42.6 Å². The molecule has 0 aliphatic carbocycles. The summed E-state index contributed by atoms with van der Waals surface area (Å²) in [6, 6.07) is 8.03. The molecule has 0 fully saturated rings. The van der Waals surface area contributed by atoms with Gasteiger partial charge in [-0.05, 0) is 24.3 Å². The maximum Gasteiger partial charge on any atom is 0.573 e. The number of nitrogen functional groups attached to an aromatic ring is 1. The van der Waals surface area contributed by atoms with Crippen molar-refractivity contribution in [2.24, 2.45) is 0 Å². The molecular formula is C13H10F3N3O2. The van der Waals surface area contributed by atoms with Gasteiger partial charge in [-0.15, -0.1) is 13.2 Å². The van der Waals surface area contributed by atoms with Crippen LogP contribution in [0.3, 0.4) is 0 Å².